The van der Waals surface area contributed by atoms with E-state index in [1.165, 1.54) is 12.8 Å². The van der Waals surface area contributed by atoms with Crippen molar-refractivity contribution in [3.63, 3.8) is 0 Å². The van der Waals surface area contributed by atoms with E-state index in [4.69, 9.17) is 4.74 Å². The molecule has 1 fully saturated rings. The molecule has 1 saturated heterocycles. The molecule has 2 N–H and O–H groups in total. The highest BCUT2D eigenvalue weighted by molar-refractivity contribution is 6.00. The van der Waals surface area contributed by atoms with Crippen molar-refractivity contribution in [3.8, 4) is 5.75 Å². The van der Waals surface area contributed by atoms with E-state index in [9.17, 15) is 9.59 Å². The van der Waals surface area contributed by atoms with Crippen LogP contribution < -0.4 is 15.4 Å². The van der Waals surface area contributed by atoms with Gasteiger partial charge >= 0.3 is 0 Å². The molecule has 0 radical (unpaired) electrons. The zero-order chi connectivity index (χ0) is 20.5. The van der Waals surface area contributed by atoms with Crippen LogP contribution in [0.25, 0.3) is 0 Å². The number of rotatable bonds is 7. The number of anilines is 2. The number of ether oxygens (including phenoxy) is 1. The number of likely N-dealkylation sites (tertiary alicyclic amines) is 1. The van der Waals surface area contributed by atoms with Gasteiger partial charge in [-0.1, -0.05) is 25.0 Å². The molecular weight excluding hydrogens is 366 g/mol. The molecule has 0 bridgehead atoms. The van der Waals surface area contributed by atoms with Crippen molar-refractivity contribution < 1.29 is 14.3 Å². The zero-order valence-electron chi connectivity index (χ0n) is 16.9. The highest BCUT2D eigenvalue weighted by Gasteiger charge is 2.16. The molecule has 29 heavy (non-hydrogen) atoms. The topological polar surface area (TPSA) is 70.7 Å². The van der Waals surface area contributed by atoms with Gasteiger partial charge in [-0.3, -0.25) is 9.59 Å². The number of methoxy groups -OCH3 is 1. The average molecular weight is 396 g/mol. The second-order valence-corrected chi connectivity index (χ2v) is 7.20. The molecule has 2 aromatic carbocycles. The van der Waals surface area contributed by atoms with Gasteiger partial charge in [0.1, 0.15) is 5.75 Å². The first-order valence-corrected chi connectivity index (χ1v) is 10.2. The Kier molecular flexibility index (Phi) is 7.50. The van der Waals surface area contributed by atoms with Crippen molar-refractivity contribution in [2.45, 2.75) is 32.1 Å². The predicted molar refractivity (Wildman–Crippen MR) is 115 cm³/mol. The molecule has 1 heterocycles. The number of hydrogen-bond donors (Lipinski definition) is 2. The molecule has 2 amide bonds. The minimum absolute atomic E-state index is 0.122. The highest BCUT2D eigenvalue weighted by Crippen LogP contribution is 2.23. The molecule has 0 unspecified atom stereocenters. The average Bonchev–Trinajstić information content (AvgIpc) is 3.04. The van der Waals surface area contributed by atoms with Crippen molar-refractivity contribution in [2.75, 3.05) is 32.1 Å². The fraction of sp³-hybridized carbons (Fsp3) is 0.391. The Bertz CT molecular complexity index is 812. The van der Waals surface area contributed by atoms with Gasteiger partial charge in [-0.2, -0.15) is 0 Å². The first kappa shape index (κ1) is 20.7. The van der Waals surface area contributed by atoms with Gasteiger partial charge in [-0.05, 0) is 49.2 Å². The van der Waals surface area contributed by atoms with Gasteiger partial charge in [-0.25, -0.2) is 0 Å². The van der Waals surface area contributed by atoms with Crippen LogP contribution in [-0.2, 0) is 4.79 Å². The third-order valence-electron chi connectivity index (χ3n) is 5.12. The number of hydrogen-bond acceptors (Lipinski definition) is 4. The summed E-state index contributed by atoms with van der Waals surface area (Å²) in [6.45, 7) is 2.01. The van der Waals surface area contributed by atoms with Gasteiger partial charge in [0.2, 0.25) is 5.91 Å². The number of carbonyl (C=O) groups excluding carboxylic acids is 2. The number of nitrogens with zero attached hydrogens (tertiary/aromatic N) is 1. The largest absolute Gasteiger partial charge is 0.497 e. The lowest BCUT2D eigenvalue weighted by Crippen LogP contribution is -2.35. The first-order chi connectivity index (χ1) is 14.2. The maximum atomic E-state index is 12.7. The normalized spacial score (nSPS) is 14.0. The minimum Gasteiger partial charge on any atom is -0.497 e. The van der Waals surface area contributed by atoms with E-state index < -0.39 is 0 Å². The summed E-state index contributed by atoms with van der Waals surface area (Å²) in [6.07, 6.45) is 4.86. The molecule has 1 aliphatic rings. The fourth-order valence-corrected chi connectivity index (χ4v) is 3.48. The van der Waals surface area contributed by atoms with E-state index in [0.717, 1.165) is 37.4 Å². The summed E-state index contributed by atoms with van der Waals surface area (Å²) in [7, 11) is 1.62. The number of carbonyl (C=O) groups is 2. The second kappa shape index (κ2) is 10.5. The number of nitrogens with one attached hydrogen (secondary N) is 2. The number of amides is 2. The highest BCUT2D eigenvalue weighted by atomic mass is 16.5. The lowest BCUT2D eigenvalue weighted by Gasteiger charge is -2.20. The lowest BCUT2D eigenvalue weighted by molar-refractivity contribution is -0.131. The first-order valence-electron chi connectivity index (χ1n) is 10.2. The van der Waals surface area contributed by atoms with Crippen LogP contribution in [0.15, 0.2) is 48.5 Å². The van der Waals surface area contributed by atoms with Crippen LogP contribution in [-0.4, -0.2) is 43.5 Å². The van der Waals surface area contributed by atoms with Crippen LogP contribution in [0, 0.1) is 0 Å². The van der Waals surface area contributed by atoms with Gasteiger partial charge in [0.15, 0.2) is 0 Å². The number of benzene rings is 2. The van der Waals surface area contributed by atoms with Crippen LogP contribution in [0.3, 0.4) is 0 Å². The molecule has 6 heteroatoms. The number of para-hydroxylation sites is 1. The molecule has 0 aliphatic carbocycles. The zero-order valence-corrected chi connectivity index (χ0v) is 16.9. The predicted octanol–water partition coefficient (Wildman–Crippen LogP) is 3.96. The Morgan fingerprint density at radius 2 is 1.66 bits per heavy atom. The molecule has 154 valence electrons. The quantitative estimate of drug-likeness (QED) is 0.744. The Balaban J connectivity index is 1.55. The van der Waals surface area contributed by atoms with E-state index in [2.05, 4.69) is 10.6 Å². The Labute approximate surface area is 172 Å². The van der Waals surface area contributed by atoms with Gasteiger partial charge in [-0.15, -0.1) is 0 Å². The molecule has 3 rings (SSSR count). The molecule has 0 atom stereocenters. The molecule has 2 aromatic rings. The van der Waals surface area contributed by atoms with Gasteiger partial charge in [0, 0.05) is 31.7 Å². The van der Waals surface area contributed by atoms with E-state index in [1.54, 1.807) is 13.2 Å². The summed E-state index contributed by atoms with van der Waals surface area (Å²) in [5, 5.41) is 6.15. The maximum Gasteiger partial charge on any atom is 0.253 e. The molecule has 0 saturated carbocycles. The van der Waals surface area contributed by atoms with Crippen LogP contribution in [0.5, 0.6) is 5.75 Å². The van der Waals surface area contributed by atoms with Crippen LogP contribution in [0.4, 0.5) is 11.4 Å². The van der Waals surface area contributed by atoms with Crippen LogP contribution >= 0.6 is 0 Å². The molecular formula is C23H29N3O3. The SMILES string of the molecule is COc1ccc(Nc2ccccc2C(=O)NCCC(=O)N2CCCCCC2)cc1. The maximum absolute atomic E-state index is 12.7. The monoisotopic (exact) mass is 395 g/mol. The summed E-state index contributed by atoms with van der Waals surface area (Å²) in [6, 6.07) is 14.9. The summed E-state index contributed by atoms with van der Waals surface area (Å²) in [5.41, 5.74) is 2.13. The Morgan fingerprint density at radius 1 is 0.966 bits per heavy atom. The molecule has 1 aliphatic heterocycles. The van der Waals surface area contributed by atoms with Crippen molar-refractivity contribution in [3.05, 3.63) is 54.1 Å². The summed E-state index contributed by atoms with van der Waals surface area (Å²) < 4.78 is 5.17. The molecule has 0 aromatic heterocycles. The standard InChI is InChI=1S/C23H29N3O3/c1-29-19-12-10-18(11-13-19)25-21-9-5-4-8-20(21)23(28)24-15-14-22(27)26-16-6-2-3-7-17-26/h4-5,8-13,25H,2-3,6-7,14-17H2,1H3,(H,24,28). The van der Waals surface area contributed by atoms with E-state index in [1.807, 2.05) is 47.4 Å². The third kappa shape index (κ3) is 5.98. The van der Waals surface area contributed by atoms with Crippen LogP contribution in [0.2, 0.25) is 0 Å². The van der Waals surface area contributed by atoms with Gasteiger partial charge in [0.25, 0.3) is 5.91 Å². The Hall–Kier alpha value is -3.02. The second-order valence-electron chi connectivity index (χ2n) is 7.20. The smallest absolute Gasteiger partial charge is 0.253 e. The van der Waals surface area contributed by atoms with Crippen molar-refractivity contribution in [1.29, 1.82) is 0 Å². The van der Waals surface area contributed by atoms with E-state index in [0.29, 0.717) is 24.2 Å². The minimum atomic E-state index is -0.190. The summed E-state index contributed by atoms with van der Waals surface area (Å²) >= 11 is 0. The lowest BCUT2D eigenvalue weighted by atomic mass is 10.1. The van der Waals surface area contributed by atoms with Crippen LogP contribution in [0.1, 0.15) is 42.5 Å². The van der Waals surface area contributed by atoms with E-state index in [-0.39, 0.29) is 11.8 Å². The molecule has 0 spiro atoms. The Morgan fingerprint density at radius 3 is 2.34 bits per heavy atom. The third-order valence-corrected chi connectivity index (χ3v) is 5.12. The van der Waals surface area contributed by atoms with E-state index >= 15 is 0 Å². The molecule has 6 nitrogen and oxygen atoms in total. The van der Waals surface area contributed by atoms with Crippen molar-refractivity contribution in [1.82, 2.24) is 10.2 Å². The van der Waals surface area contributed by atoms with Gasteiger partial charge in [0.05, 0.1) is 18.4 Å². The van der Waals surface area contributed by atoms with Crippen molar-refractivity contribution in [2.24, 2.45) is 0 Å². The van der Waals surface area contributed by atoms with Crippen molar-refractivity contribution >= 4 is 23.2 Å². The summed E-state index contributed by atoms with van der Waals surface area (Å²) in [4.78, 5) is 27.0. The van der Waals surface area contributed by atoms with Gasteiger partial charge < -0.3 is 20.3 Å². The fourth-order valence-electron chi connectivity index (χ4n) is 3.48. The summed E-state index contributed by atoms with van der Waals surface area (Å²) in [5.74, 6) is 0.706.